The molecule has 0 spiro atoms. The molecule has 6 rings (SSSR count). The summed E-state index contributed by atoms with van der Waals surface area (Å²) in [5.41, 5.74) is 7.02. The third kappa shape index (κ3) is 7.26. The summed E-state index contributed by atoms with van der Waals surface area (Å²) in [4.78, 5) is 13.3. The van der Waals surface area contributed by atoms with Crippen LogP contribution in [0.4, 0.5) is 0 Å². The molecular formula is C35H35IrN3OSi-2. The number of aromatic nitrogens is 3. The standard InChI is InChI=1S/C19H26NSi.C16H9N2O.Ir/c1-19(2,3)13-16-12-17(15-10-8-7-9-11-15)20-14-18(16)21(4,5)6;1-2-9-17-14(8-1)13-6-3-5-11-12-7-4-10-18-16(12)19-15(11)13;/h7-10,12,14H,13H2,1-6H3;1-5,7-10H;/q2*-1;. The molecule has 0 unspecified atom stereocenters. The van der Waals surface area contributed by atoms with Crippen LogP contribution >= 0.6 is 0 Å². The van der Waals surface area contributed by atoms with Gasteiger partial charge in [0.2, 0.25) is 5.71 Å². The second-order valence-corrected chi connectivity index (χ2v) is 17.3. The summed E-state index contributed by atoms with van der Waals surface area (Å²) in [6.07, 6.45) is 6.70. The van der Waals surface area contributed by atoms with Crippen LogP contribution in [0.3, 0.4) is 0 Å². The maximum Gasteiger partial charge on any atom is 0.216 e. The predicted molar refractivity (Wildman–Crippen MR) is 168 cm³/mol. The van der Waals surface area contributed by atoms with E-state index in [1.807, 2.05) is 60.7 Å². The zero-order valence-corrected chi connectivity index (χ0v) is 27.8. The van der Waals surface area contributed by atoms with Crippen LogP contribution in [0.2, 0.25) is 19.6 Å². The van der Waals surface area contributed by atoms with Gasteiger partial charge in [-0.15, -0.1) is 54.1 Å². The van der Waals surface area contributed by atoms with E-state index >= 15 is 0 Å². The first-order valence-corrected chi connectivity index (χ1v) is 17.2. The molecule has 6 heteroatoms. The Morgan fingerprint density at radius 2 is 1.56 bits per heavy atom. The molecule has 0 aliphatic carbocycles. The fourth-order valence-electron chi connectivity index (χ4n) is 4.87. The Morgan fingerprint density at radius 1 is 0.780 bits per heavy atom. The molecular weight excluding hydrogens is 699 g/mol. The van der Waals surface area contributed by atoms with Crippen LogP contribution in [0.25, 0.3) is 44.6 Å². The molecule has 4 heterocycles. The molecule has 6 aromatic rings. The van der Waals surface area contributed by atoms with Gasteiger partial charge in [-0.1, -0.05) is 75.1 Å². The second-order valence-electron chi connectivity index (χ2n) is 12.3. The van der Waals surface area contributed by atoms with Gasteiger partial charge in [0.1, 0.15) is 0 Å². The summed E-state index contributed by atoms with van der Waals surface area (Å²) in [7, 11) is -1.37. The van der Waals surface area contributed by atoms with Crippen molar-refractivity contribution >= 4 is 35.3 Å². The van der Waals surface area contributed by atoms with E-state index in [0.29, 0.717) is 5.71 Å². The molecule has 4 nitrogen and oxygen atoms in total. The Hall–Kier alpha value is -3.44. The molecule has 4 aromatic heterocycles. The molecule has 0 atom stereocenters. The normalized spacial score (nSPS) is 11.6. The van der Waals surface area contributed by atoms with Gasteiger partial charge in [-0.2, -0.15) is 0 Å². The van der Waals surface area contributed by atoms with Crippen molar-refractivity contribution < 1.29 is 24.5 Å². The smallest absolute Gasteiger partial charge is 0.216 e. The van der Waals surface area contributed by atoms with Crippen molar-refractivity contribution in [2.45, 2.75) is 46.8 Å². The molecule has 0 aliphatic rings. The van der Waals surface area contributed by atoms with Gasteiger partial charge in [-0.05, 0) is 46.6 Å². The van der Waals surface area contributed by atoms with E-state index in [4.69, 9.17) is 9.40 Å². The molecule has 211 valence electrons. The first-order valence-electron chi connectivity index (χ1n) is 13.7. The molecule has 2 aromatic carbocycles. The minimum absolute atomic E-state index is 0. The number of pyridine rings is 3. The maximum absolute atomic E-state index is 5.86. The predicted octanol–water partition coefficient (Wildman–Crippen LogP) is 8.52. The van der Waals surface area contributed by atoms with Crippen molar-refractivity contribution in [1.82, 2.24) is 15.0 Å². The molecule has 0 bridgehead atoms. The topological polar surface area (TPSA) is 51.8 Å². The van der Waals surface area contributed by atoms with Crippen molar-refractivity contribution in [3.05, 3.63) is 109 Å². The Labute approximate surface area is 257 Å². The molecule has 0 N–H and O–H groups in total. The number of hydrogen-bond acceptors (Lipinski definition) is 4. The number of rotatable bonds is 4. The van der Waals surface area contributed by atoms with E-state index in [-0.39, 0.29) is 25.5 Å². The van der Waals surface area contributed by atoms with Gasteiger partial charge in [0.05, 0.1) is 13.7 Å². The van der Waals surface area contributed by atoms with Gasteiger partial charge in [-0.3, -0.25) is 0 Å². The average Bonchev–Trinajstić information content (AvgIpc) is 3.32. The Morgan fingerprint density at radius 3 is 2.24 bits per heavy atom. The SMILES string of the molecule is CC(C)(C)Cc1cc(-c2[c-]cccc2)ncc1[Si](C)(C)C.[Ir].[c-]1ccc2c(oc3ncccc32)c1-c1ccccn1. The summed E-state index contributed by atoms with van der Waals surface area (Å²) < 4.78 is 5.86. The van der Waals surface area contributed by atoms with Crippen molar-refractivity contribution in [3.63, 3.8) is 0 Å². The number of hydrogen-bond donors (Lipinski definition) is 0. The fraction of sp³-hybridized carbons (Fsp3) is 0.229. The minimum Gasteiger partial charge on any atom is -0.486 e. The molecule has 0 saturated heterocycles. The summed E-state index contributed by atoms with van der Waals surface area (Å²) in [5.74, 6) is 0. The van der Waals surface area contributed by atoms with Crippen LogP contribution < -0.4 is 5.19 Å². The van der Waals surface area contributed by atoms with E-state index in [0.717, 1.165) is 45.3 Å². The maximum atomic E-state index is 5.86. The number of benzene rings is 2. The monoisotopic (exact) mass is 734 g/mol. The number of furan rings is 1. The second kappa shape index (κ2) is 12.6. The van der Waals surface area contributed by atoms with Crippen LogP contribution in [0.1, 0.15) is 26.3 Å². The third-order valence-corrected chi connectivity index (χ3v) is 8.70. The molecule has 41 heavy (non-hydrogen) atoms. The fourth-order valence-corrected chi connectivity index (χ4v) is 6.44. The van der Waals surface area contributed by atoms with E-state index in [1.54, 1.807) is 12.4 Å². The van der Waals surface area contributed by atoms with Crippen LogP contribution in [-0.2, 0) is 26.5 Å². The summed E-state index contributed by atoms with van der Waals surface area (Å²) in [6, 6.07) is 30.5. The van der Waals surface area contributed by atoms with Gasteiger partial charge in [0.15, 0.2) is 0 Å². The van der Waals surface area contributed by atoms with Gasteiger partial charge in [0.25, 0.3) is 0 Å². The van der Waals surface area contributed by atoms with Gasteiger partial charge >= 0.3 is 0 Å². The Kier molecular flexibility index (Phi) is 9.38. The summed E-state index contributed by atoms with van der Waals surface area (Å²) in [5, 5.41) is 3.54. The van der Waals surface area contributed by atoms with Crippen LogP contribution in [-0.4, -0.2) is 23.0 Å². The largest absolute Gasteiger partial charge is 0.486 e. The number of fused-ring (bicyclic) bond motifs is 3. The average molecular weight is 734 g/mol. The van der Waals surface area contributed by atoms with Crippen molar-refractivity contribution in [2.24, 2.45) is 5.41 Å². The van der Waals surface area contributed by atoms with E-state index in [2.05, 4.69) is 80.8 Å². The van der Waals surface area contributed by atoms with Crippen molar-refractivity contribution in [3.8, 4) is 22.5 Å². The van der Waals surface area contributed by atoms with Gasteiger partial charge in [-0.25, -0.2) is 4.98 Å². The van der Waals surface area contributed by atoms with E-state index in [9.17, 15) is 0 Å². The number of nitrogens with zero attached hydrogens (tertiary/aromatic N) is 3. The van der Waals surface area contributed by atoms with Gasteiger partial charge < -0.3 is 14.4 Å². The molecule has 0 saturated carbocycles. The molecule has 0 fully saturated rings. The Bertz CT molecular complexity index is 1740. The van der Waals surface area contributed by atoms with Crippen LogP contribution in [0, 0.1) is 17.5 Å². The molecule has 0 amide bonds. The van der Waals surface area contributed by atoms with Crippen LogP contribution in [0.5, 0.6) is 0 Å². The summed E-state index contributed by atoms with van der Waals surface area (Å²) >= 11 is 0. The zero-order chi connectivity index (χ0) is 28.3. The first kappa shape index (κ1) is 30.5. The quantitative estimate of drug-likeness (QED) is 0.135. The minimum atomic E-state index is -1.37. The van der Waals surface area contributed by atoms with E-state index < -0.39 is 8.07 Å². The van der Waals surface area contributed by atoms with E-state index in [1.165, 1.54) is 10.8 Å². The molecule has 1 radical (unpaired) electrons. The van der Waals surface area contributed by atoms with Gasteiger partial charge in [0, 0.05) is 44.1 Å². The third-order valence-electron chi connectivity index (χ3n) is 6.63. The van der Waals surface area contributed by atoms with Crippen LogP contribution in [0.15, 0.2) is 95.8 Å². The van der Waals surface area contributed by atoms with Crippen molar-refractivity contribution in [2.75, 3.05) is 0 Å². The zero-order valence-electron chi connectivity index (χ0n) is 24.5. The first-order chi connectivity index (χ1) is 19.1. The molecule has 0 aliphatic heterocycles. The van der Waals surface area contributed by atoms with Crippen molar-refractivity contribution in [1.29, 1.82) is 0 Å². The Balaban J connectivity index is 0.000000185. The summed E-state index contributed by atoms with van der Waals surface area (Å²) in [6.45, 7) is 14.1.